The molecule has 2 rings (SSSR count). The number of hydrogen-bond acceptors (Lipinski definition) is 4. The van der Waals surface area contributed by atoms with E-state index in [4.69, 9.17) is 37.4 Å². The predicted molar refractivity (Wildman–Crippen MR) is 102 cm³/mol. The van der Waals surface area contributed by atoms with E-state index in [1.807, 2.05) is 37.3 Å². The molecule has 0 saturated heterocycles. The molecule has 4 nitrogen and oxygen atoms in total. The fourth-order valence-electron chi connectivity index (χ4n) is 2.14. The lowest BCUT2D eigenvalue weighted by Crippen LogP contribution is -2.09. The van der Waals surface area contributed by atoms with Crippen LogP contribution in [-0.2, 0) is 9.47 Å². The molecule has 0 aliphatic carbocycles. The van der Waals surface area contributed by atoms with Crippen LogP contribution in [0.4, 0.5) is 0 Å². The summed E-state index contributed by atoms with van der Waals surface area (Å²) in [5.74, 6) is 0.493. The molecule has 0 spiro atoms. The number of aliphatic imine (C=N–C) groups is 1. The summed E-state index contributed by atoms with van der Waals surface area (Å²) in [6.07, 6.45) is 1.72. The van der Waals surface area contributed by atoms with Crippen LogP contribution in [0.15, 0.2) is 47.5 Å². The molecule has 0 fully saturated rings. The van der Waals surface area contributed by atoms with Gasteiger partial charge in [-0.25, -0.2) is 0 Å². The van der Waals surface area contributed by atoms with E-state index in [1.165, 1.54) is 0 Å². The van der Waals surface area contributed by atoms with Crippen molar-refractivity contribution in [3.8, 4) is 5.75 Å². The highest BCUT2D eigenvalue weighted by molar-refractivity contribution is 6.36. The van der Waals surface area contributed by atoms with Crippen LogP contribution in [0.5, 0.6) is 5.75 Å². The van der Waals surface area contributed by atoms with Crippen LogP contribution in [0.2, 0.25) is 10.0 Å². The van der Waals surface area contributed by atoms with E-state index < -0.39 is 0 Å². The van der Waals surface area contributed by atoms with Gasteiger partial charge in [0.05, 0.1) is 24.3 Å². The maximum atomic E-state index is 6.26. The molecule has 6 heteroatoms. The molecule has 0 amide bonds. The van der Waals surface area contributed by atoms with Crippen LogP contribution in [0.1, 0.15) is 24.1 Å². The Hall–Kier alpha value is -1.59. The van der Waals surface area contributed by atoms with Crippen molar-refractivity contribution < 1.29 is 14.2 Å². The zero-order valence-corrected chi connectivity index (χ0v) is 15.8. The molecule has 0 aliphatic heterocycles. The van der Waals surface area contributed by atoms with Crippen LogP contribution in [-0.4, -0.2) is 33.3 Å². The van der Waals surface area contributed by atoms with Gasteiger partial charge in [-0.15, -0.1) is 0 Å². The number of rotatable bonds is 9. The molecule has 1 atom stereocenters. The van der Waals surface area contributed by atoms with Crippen molar-refractivity contribution in [1.29, 1.82) is 0 Å². The normalized spacial score (nSPS) is 12.5. The Balaban J connectivity index is 2.11. The molecule has 0 aromatic heterocycles. The molecule has 0 saturated carbocycles. The zero-order valence-electron chi connectivity index (χ0n) is 14.2. The molecule has 0 aliphatic rings. The van der Waals surface area contributed by atoms with Gasteiger partial charge in [-0.1, -0.05) is 53.5 Å². The van der Waals surface area contributed by atoms with E-state index in [0.29, 0.717) is 34.6 Å². The van der Waals surface area contributed by atoms with Gasteiger partial charge in [-0.2, -0.15) is 0 Å². The molecule has 134 valence electrons. The average Bonchev–Trinajstić information content (AvgIpc) is 2.61. The fraction of sp³-hybridized carbons (Fsp3) is 0.316. The van der Waals surface area contributed by atoms with Crippen molar-refractivity contribution in [3.05, 3.63) is 63.6 Å². The summed E-state index contributed by atoms with van der Waals surface area (Å²) in [4.78, 5) is 4.58. The summed E-state index contributed by atoms with van der Waals surface area (Å²) in [6.45, 7) is 3.03. The third-order valence-electron chi connectivity index (χ3n) is 3.47. The van der Waals surface area contributed by atoms with Crippen molar-refractivity contribution in [2.75, 3.05) is 27.1 Å². The second-order valence-electron chi connectivity index (χ2n) is 5.33. The minimum atomic E-state index is 0.00441. The van der Waals surface area contributed by atoms with Crippen LogP contribution >= 0.6 is 23.2 Å². The Bertz CT molecular complexity index is 693. The minimum Gasteiger partial charge on any atom is -0.465 e. The quantitative estimate of drug-likeness (QED) is 0.341. The van der Waals surface area contributed by atoms with Gasteiger partial charge in [0.25, 0.3) is 0 Å². The Morgan fingerprint density at radius 2 is 1.88 bits per heavy atom. The van der Waals surface area contributed by atoms with Crippen LogP contribution in [0.3, 0.4) is 0 Å². The largest absolute Gasteiger partial charge is 0.465 e. The summed E-state index contributed by atoms with van der Waals surface area (Å²) in [7, 11) is 1.61. The van der Waals surface area contributed by atoms with E-state index in [0.717, 1.165) is 5.56 Å². The monoisotopic (exact) mass is 381 g/mol. The van der Waals surface area contributed by atoms with Gasteiger partial charge in [0.2, 0.25) is 0 Å². The summed E-state index contributed by atoms with van der Waals surface area (Å²) >= 11 is 12.4. The first kappa shape index (κ1) is 19.7. The summed E-state index contributed by atoms with van der Waals surface area (Å²) in [5, 5.41) is 0.933. The maximum Gasteiger partial charge on any atom is 0.189 e. The van der Waals surface area contributed by atoms with E-state index >= 15 is 0 Å². The number of hydrogen-bond donors (Lipinski definition) is 0. The number of methoxy groups -OCH3 is 1. The Labute approximate surface area is 158 Å². The topological polar surface area (TPSA) is 40.0 Å². The first-order valence-electron chi connectivity index (χ1n) is 7.88. The van der Waals surface area contributed by atoms with Crippen LogP contribution < -0.4 is 4.74 Å². The van der Waals surface area contributed by atoms with Gasteiger partial charge in [0, 0.05) is 23.9 Å². The molecular formula is C19H21Cl2NO3. The van der Waals surface area contributed by atoms with E-state index in [1.54, 1.807) is 25.5 Å². The molecule has 0 bridgehead atoms. The Morgan fingerprint density at radius 3 is 2.60 bits per heavy atom. The number of halogens is 2. The number of benzene rings is 2. The third-order valence-corrected chi connectivity index (χ3v) is 3.97. The second kappa shape index (κ2) is 10.4. The van der Waals surface area contributed by atoms with Crippen molar-refractivity contribution in [2.24, 2.45) is 4.99 Å². The lowest BCUT2D eigenvalue weighted by atomic mass is 10.1. The molecule has 25 heavy (non-hydrogen) atoms. The highest BCUT2D eigenvalue weighted by Crippen LogP contribution is 2.32. The molecule has 0 radical (unpaired) electrons. The molecule has 2 aromatic rings. The van der Waals surface area contributed by atoms with Gasteiger partial charge in [0.1, 0.15) is 5.75 Å². The smallest absolute Gasteiger partial charge is 0.189 e. The Kier molecular flexibility index (Phi) is 8.22. The number of ether oxygens (including phenoxy) is 3. The lowest BCUT2D eigenvalue weighted by molar-refractivity contribution is -0.00848. The highest BCUT2D eigenvalue weighted by atomic mass is 35.5. The van der Waals surface area contributed by atoms with Gasteiger partial charge < -0.3 is 14.2 Å². The maximum absolute atomic E-state index is 6.26. The van der Waals surface area contributed by atoms with Crippen molar-refractivity contribution in [3.63, 3.8) is 0 Å². The Morgan fingerprint density at radius 1 is 1.12 bits per heavy atom. The first-order chi connectivity index (χ1) is 12.1. The third kappa shape index (κ3) is 6.33. The molecule has 2 aromatic carbocycles. The van der Waals surface area contributed by atoms with E-state index in [2.05, 4.69) is 4.99 Å². The van der Waals surface area contributed by atoms with Gasteiger partial charge in [-0.3, -0.25) is 4.99 Å². The van der Waals surface area contributed by atoms with Gasteiger partial charge >= 0.3 is 0 Å². The SMILES string of the molecule is COCCOCOc1c(Cl)cc(Cl)cc1C=N[C@@H](C)c1ccccc1. The first-order valence-corrected chi connectivity index (χ1v) is 8.64. The molecule has 0 N–H and O–H groups in total. The predicted octanol–water partition coefficient (Wildman–Crippen LogP) is 5.17. The van der Waals surface area contributed by atoms with Crippen molar-refractivity contribution in [1.82, 2.24) is 0 Å². The van der Waals surface area contributed by atoms with Crippen LogP contribution in [0.25, 0.3) is 0 Å². The van der Waals surface area contributed by atoms with Gasteiger partial charge in [-0.05, 0) is 24.6 Å². The zero-order chi connectivity index (χ0) is 18.1. The average molecular weight is 382 g/mol. The van der Waals surface area contributed by atoms with Crippen LogP contribution in [0, 0.1) is 0 Å². The highest BCUT2D eigenvalue weighted by Gasteiger charge is 2.10. The summed E-state index contributed by atoms with van der Waals surface area (Å²) in [6, 6.07) is 13.4. The fourth-order valence-corrected chi connectivity index (χ4v) is 2.70. The number of nitrogens with zero attached hydrogens (tertiary/aromatic N) is 1. The lowest BCUT2D eigenvalue weighted by Gasteiger charge is -2.12. The second-order valence-corrected chi connectivity index (χ2v) is 6.18. The molecule has 0 heterocycles. The molecule has 0 unspecified atom stereocenters. The van der Waals surface area contributed by atoms with Gasteiger partial charge in [0.15, 0.2) is 6.79 Å². The van der Waals surface area contributed by atoms with Crippen molar-refractivity contribution >= 4 is 29.4 Å². The van der Waals surface area contributed by atoms with Crippen molar-refractivity contribution in [2.45, 2.75) is 13.0 Å². The van der Waals surface area contributed by atoms with E-state index in [-0.39, 0.29) is 12.8 Å². The standard InChI is InChI=1S/C19H21Cl2NO3/c1-14(15-6-4-3-5-7-15)22-12-16-10-17(20)11-18(21)19(16)25-13-24-9-8-23-2/h3-7,10-12,14H,8-9,13H2,1-2H3/t14-/m0/s1. The summed E-state index contributed by atoms with van der Waals surface area (Å²) in [5.41, 5.74) is 1.83. The molecular weight excluding hydrogens is 361 g/mol. The summed E-state index contributed by atoms with van der Waals surface area (Å²) < 4.78 is 15.9. The minimum absolute atomic E-state index is 0.00441. The van der Waals surface area contributed by atoms with E-state index in [9.17, 15) is 0 Å².